The van der Waals surface area contributed by atoms with Crippen molar-refractivity contribution in [3.05, 3.63) is 17.8 Å². The Morgan fingerprint density at radius 2 is 2.09 bits per heavy atom. The van der Waals surface area contributed by atoms with Crippen LogP contribution in [0.5, 0.6) is 0 Å². The first-order valence-electron chi connectivity index (χ1n) is 8.55. The van der Waals surface area contributed by atoms with Gasteiger partial charge in [-0.15, -0.1) is 0 Å². The highest BCUT2D eigenvalue weighted by atomic mass is 15.3. The predicted molar refractivity (Wildman–Crippen MR) is 97.0 cm³/mol. The highest BCUT2D eigenvalue weighted by molar-refractivity contribution is 5.87. The molecule has 0 unspecified atom stereocenters. The summed E-state index contributed by atoms with van der Waals surface area (Å²) in [5, 5.41) is 11.1. The van der Waals surface area contributed by atoms with Crippen molar-refractivity contribution in [1.82, 2.24) is 20.2 Å². The average molecular weight is 316 g/mol. The Balaban J connectivity index is 2.40. The number of rotatable bonds is 9. The molecule has 2 aromatic rings. The molecular weight excluding hydrogens is 288 g/mol. The molecule has 0 aliphatic rings. The maximum Gasteiger partial charge on any atom is 0.226 e. The van der Waals surface area contributed by atoms with E-state index in [-0.39, 0.29) is 0 Å². The maximum absolute atomic E-state index is 4.70. The molecule has 126 valence electrons. The summed E-state index contributed by atoms with van der Waals surface area (Å²) in [6.07, 6.45) is 8.60. The fourth-order valence-corrected chi connectivity index (χ4v) is 2.80. The summed E-state index contributed by atoms with van der Waals surface area (Å²) in [6, 6.07) is 0. The fraction of sp³-hybridized carbons (Fsp3) is 0.588. The SMILES string of the molecule is CCC=C(CCC)CN(CCC)c1nc(NC)nc2[nH]ncc12. The van der Waals surface area contributed by atoms with Gasteiger partial charge < -0.3 is 10.2 Å². The van der Waals surface area contributed by atoms with Gasteiger partial charge in [-0.1, -0.05) is 38.8 Å². The first-order valence-corrected chi connectivity index (χ1v) is 8.55. The minimum atomic E-state index is 0.620. The molecule has 0 atom stereocenters. The lowest BCUT2D eigenvalue weighted by molar-refractivity contribution is 0.758. The van der Waals surface area contributed by atoms with Gasteiger partial charge in [-0.25, -0.2) is 0 Å². The lowest BCUT2D eigenvalue weighted by atomic mass is 10.1. The van der Waals surface area contributed by atoms with Gasteiger partial charge in [0.25, 0.3) is 0 Å². The molecule has 0 spiro atoms. The molecule has 0 fully saturated rings. The average Bonchev–Trinajstić information content (AvgIpc) is 3.02. The number of hydrogen-bond donors (Lipinski definition) is 2. The van der Waals surface area contributed by atoms with Crippen LogP contribution in [0.15, 0.2) is 17.8 Å². The number of allylic oxidation sites excluding steroid dienone is 1. The normalized spacial score (nSPS) is 11.9. The zero-order chi connectivity index (χ0) is 16.7. The zero-order valence-electron chi connectivity index (χ0n) is 14.7. The van der Waals surface area contributed by atoms with Crippen molar-refractivity contribution < 1.29 is 0 Å². The molecule has 0 aromatic carbocycles. The summed E-state index contributed by atoms with van der Waals surface area (Å²) in [6.45, 7) is 8.49. The van der Waals surface area contributed by atoms with E-state index in [1.54, 1.807) is 0 Å². The smallest absolute Gasteiger partial charge is 0.226 e. The van der Waals surface area contributed by atoms with Crippen molar-refractivity contribution in [2.45, 2.75) is 46.5 Å². The van der Waals surface area contributed by atoms with Crippen molar-refractivity contribution >= 4 is 22.8 Å². The molecule has 0 aliphatic heterocycles. The second-order valence-electron chi connectivity index (χ2n) is 5.70. The Morgan fingerprint density at radius 3 is 2.74 bits per heavy atom. The van der Waals surface area contributed by atoms with Crippen LogP contribution in [0.2, 0.25) is 0 Å². The van der Waals surface area contributed by atoms with Crippen molar-refractivity contribution in [2.24, 2.45) is 0 Å². The van der Waals surface area contributed by atoms with E-state index in [1.165, 1.54) is 12.0 Å². The van der Waals surface area contributed by atoms with Gasteiger partial charge in [0.15, 0.2) is 5.65 Å². The molecule has 2 N–H and O–H groups in total. The van der Waals surface area contributed by atoms with Crippen LogP contribution < -0.4 is 10.2 Å². The molecule has 0 radical (unpaired) electrons. The zero-order valence-corrected chi connectivity index (χ0v) is 14.7. The van der Waals surface area contributed by atoms with Crippen LogP contribution in [0.1, 0.15) is 46.5 Å². The molecule has 2 rings (SSSR count). The highest BCUT2D eigenvalue weighted by Crippen LogP contribution is 2.25. The second-order valence-corrected chi connectivity index (χ2v) is 5.70. The van der Waals surface area contributed by atoms with E-state index < -0.39 is 0 Å². The van der Waals surface area contributed by atoms with E-state index in [9.17, 15) is 0 Å². The molecule has 0 aliphatic carbocycles. The lowest BCUT2D eigenvalue weighted by Gasteiger charge is -2.25. The van der Waals surface area contributed by atoms with Gasteiger partial charge >= 0.3 is 0 Å². The summed E-state index contributed by atoms with van der Waals surface area (Å²) in [7, 11) is 1.84. The van der Waals surface area contributed by atoms with Gasteiger partial charge in [-0.3, -0.25) is 5.10 Å². The minimum Gasteiger partial charge on any atom is -0.357 e. The number of nitrogens with zero attached hydrogens (tertiary/aromatic N) is 4. The summed E-state index contributed by atoms with van der Waals surface area (Å²) in [5.41, 5.74) is 2.25. The topological polar surface area (TPSA) is 69.7 Å². The first kappa shape index (κ1) is 17.2. The number of anilines is 2. The Morgan fingerprint density at radius 1 is 1.26 bits per heavy atom. The molecule has 6 heteroatoms. The molecule has 0 bridgehead atoms. The van der Waals surface area contributed by atoms with Crippen LogP contribution >= 0.6 is 0 Å². The summed E-state index contributed by atoms with van der Waals surface area (Å²) in [4.78, 5) is 11.5. The number of nitrogens with one attached hydrogen (secondary N) is 2. The molecule has 0 saturated carbocycles. The highest BCUT2D eigenvalue weighted by Gasteiger charge is 2.16. The molecule has 2 heterocycles. The van der Waals surface area contributed by atoms with Crippen LogP contribution in [-0.4, -0.2) is 40.3 Å². The predicted octanol–water partition coefficient (Wildman–Crippen LogP) is 3.75. The standard InChI is InChI=1S/C17H28N6/c1-5-8-13(9-6-2)12-23(10-7-3)16-14-11-19-22-15(14)20-17(18-4)21-16/h8,11H,5-7,9-10,12H2,1-4H3,(H2,18,19,20,21,22). The number of H-pyrrole nitrogens is 1. The third kappa shape index (κ3) is 4.21. The quantitative estimate of drug-likeness (QED) is 0.690. The summed E-state index contributed by atoms with van der Waals surface area (Å²) < 4.78 is 0. The monoisotopic (exact) mass is 316 g/mol. The van der Waals surface area contributed by atoms with E-state index >= 15 is 0 Å². The van der Waals surface area contributed by atoms with Crippen LogP contribution in [0.3, 0.4) is 0 Å². The van der Waals surface area contributed by atoms with E-state index in [0.717, 1.165) is 49.2 Å². The number of fused-ring (bicyclic) bond motifs is 1. The van der Waals surface area contributed by atoms with E-state index in [0.29, 0.717) is 5.95 Å². The molecule has 0 amide bonds. The van der Waals surface area contributed by atoms with Crippen molar-refractivity contribution in [1.29, 1.82) is 0 Å². The molecule has 23 heavy (non-hydrogen) atoms. The second kappa shape index (κ2) is 8.50. The summed E-state index contributed by atoms with van der Waals surface area (Å²) in [5.74, 6) is 1.57. The lowest BCUT2D eigenvalue weighted by Crippen LogP contribution is -2.28. The number of aromatic amines is 1. The Kier molecular flexibility index (Phi) is 6.38. The van der Waals surface area contributed by atoms with Crippen molar-refractivity contribution in [2.75, 3.05) is 30.4 Å². The molecule has 6 nitrogen and oxygen atoms in total. The van der Waals surface area contributed by atoms with Crippen LogP contribution in [0.25, 0.3) is 11.0 Å². The Bertz CT molecular complexity index is 646. The van der Waals surface area contributed by atoms with Gasteiger partial charge in [0.2, 0.25) is 5.95 Å². The van der Waals surface area contributed by atoms with Gasteiger partial charge in [0, 0.05) is 20.1 Å². The number of hydrogen-bond acceptors (Lipinski definition) is 5. The van der Waals surface area contributed by atoms with Gasteiger partial charge in [0.1, 0.15) is 5.82 Å². The van der Waals surface area contributed by atoms with Gasteiger partial charge in [-0.2, -0.15) is 15.1 Å². The Labute approximate surface area is 138 Å². The van der Waals surface area contributed by atoms with Crippen LogP contribution in [0.4, 0.5) is 11.8 Å². The van der Waals surface area contributed by atoms with Gasteiger partial charge in [-0.05, 0) is 19.3 Å². The van der Waals surface area contributed by atoms with E-state index in [4.69, 9.17) is 4.98 Å². The minimum absolute atomic E-state index is 0.620. The first-order chi connectivity index (χ1) is 11.2. The van der Waals surface area contributed by atoms with E-state index in [1.807, 2.05) is 13.2 Å². The summed E-state index contributed by atoms with van der Waals surface area (Å²) >= 11 is 0. The molecular formula is C17H28N6. The molecule has 0 saturated heterocycles. The molecule has 2 aromatic heterocycles. The third-order valence-corrected chi connectivity index (χ3v) is 3.76. The number of aromatic nitrogens is 4. The van der Waals surface area contributed by atoms with Crippen LogP contribution in [-0.2, 0) is 0 Å². The third-order valence-electron chi connectivity index (χ3n) is 3.76. The van der Waals surface area contributed by atoms with Gasteiger partial charge in [0.05, 0.1) is 11.6 Å². The van der Waals surface area contributed by atoms with Crippen LogP contribution in [0, 0.1) is 0 Å². The van der Waals surface area contributed by atoms with E-state index in [2.05, 4.69) is 52.2 Å². The van der Waals surface area contributed by atoms with Crippen molar-refractivity contribution in [3.8, 4) is 0 Å². The Hall–Kier alpha value is -2.11. The maximum atomic E-state index is 4.70. The largest absolute Gasteiger partial charge is 0.357 e. The fourth-order valence-electron chi connectivity index (χ4n) is 2.80. The van der Waals surface area contributed by atoms with Crippen molar-refractivity contribution in [3.63, 3.8) is 0 Å².